The maximum Gasteiger partial charge on any atom is 0.311 e. The molecule has 1 aromatic carbocycles. The van der Waals surface area contributed by atoms with Crippen molar-refractivity contribution in [2.45, 2.75) is 26.4 Å². The number of aryl methyl sites for hydroxylation is 1. The standard InChI is InChI=1S/C17H16Cl2N2O3/c1-10-3-5-12(6-4-10)7-15(22)24-11(2)17(23)21-16-14(19)8-13(18)9-20-16/h3-6,8-9,11H,7H2,1-2H3,(H,20,21,23)/t11-/m0/s1. The van der Waals surface area contributed by atoms with Gasteiger partial charge in [0.25, 0.3) is 5.91 Å². The summed E-state index contributed by atoms with van der Waals surface area (Å²) in [7, 11) is 0. The molecule has 0 aliphatic carbocycles. The maximum absolute atomic E-state index is 12.1. The molecule has 1 atom stereocenters. The molecule has 1 heterocycles. The number of nitrogens with one attached hydrogen (secondary N) is 1. The Morgan fingerprint density at radius 2 is 1.92 bits per heavy atom. The normalized spacial score (nSPS) is 11.7. The SMILES string of the molecule is Cc1ccc(CC(=O)O[C@@H](C)C(=O)Nc2ncc(Cl)cc2Cl)cc1. The number of hydrogen-bond donors (Lipinski definition) is 1. The van der Waals surface area contributed by atoms with Gasteiger partial charge in [-0.1, -0.05) is 53.0 Å². The Morgan fingerprint density at radius 1 is 1.25 bits per heavy atom. The first-order valence-corrected chi connectivity index (χ1v) is 7.97. The molecule has 2 rings (SSSR count). The Labute approximate surface area is 149 Å². The third-order valence-corrected chi connectivity index (χ3v) is 3.69. The van der Waals surface area contributed by atoms with Crippen LogP contribution in [0.2, 0.25) is 10.0 Å². The molecule has 2 aromatic rings. The lowest BCUT2D eigenvalue weighted by Crippen LogP contribution is -2.30. The zero-order valence-electron chi connectivity index (χ0n) is 13.2. The Hall–Kier alpha value is -2.11. The second-order valence-electron chi connectivity index (χ2n) is 5.27. The number of nitrogens with zero attached hydrogens (tertiary/aromatic N) is 1. The van der Waals surface area contributed by atoms with Gasteiger partial charge in [0.2, 0.25) is 0 Å². The number of benzene rings is 1. The van der Waals surface area contributed by atoms with Gasteiger partial charge in [0.1, 0.15) is 0 Å². The molecular formula is C17H16Cl2N2O3. The summed E-state index contributed by atoms with van der Waals surface area (Å²) >= 11 is 11.7. The molecule has 5 nitrogen and oxygen atoms in total. The minimum Gasteiger partial charge on any atom is -0.452 e. The topological polar surface area (TPSA) is 68.3 Å². The summed E-state index contributed by atoms with van der Waals surface area (Å²) in [5.41, 5.74) is 1.92. The Morgan fingerprint density at radius 3 is 2.54 bits per heavy atom. The summed E-state index contributed by atoms with van der Waals surface area (Å²) in [4.78, 5) is 27.9. The number of carbonyl (C=O) groups excluding carboxylic acids is 2. The van der Waals surface area contributed by atoms with Crippen molar-refractivity contribution < 1.29 is 14.3 Å². The van der Waals surface area contributed by atoms with E-state index < -0.39 is 18.0 Å². The van der Waals surface area contributed by atoms with E-state index in [1.807, 2.05) is 31.2 Å². The number of esters is 1. The van der Waals surface area contributed by atoms with Crippen LogP contribution in [-0.2, 0) is 20.7 Å². The van der Waals surface area contributed by atoms with E-state index in [0.29, 0.717) is 5.02 Å². The third-order valence-electron chi connectivity index (χ3n) is 3.20. The molecule has 24 heavy (non-hydrogen) atoms. The predicted octanol–water partition coefficient (Wildman–Crippen LogP) is 3.81. The lowest BCUT2D eigenvalue weighted by molar-refractivity contribution is -0.152. The van der Waals surface area contributed by atoms with Crippen LogP contribution in [0.1, 0.15) is 18.1 Å². The van der Waals surface area contributed by atoms with Crippen molar-refractivity contribution in [2.75, 3.05) is 5.32 Å². The quantitative estimate of drug-likeness (QED) is 0.816. The molecule has 1 amide bonds. The van der Waals surface area contributed by atoms with E-state index in [1.54, 1.807) is 0 Å². The highest BCUT2D eigenvalue weighted by molar-refractivity contribution is 6.36. The van der Waals surface area contributed by atoms with Crippen molar-refractivity contribution in [3.63, 3.8) is 0 Å². The van der Waals surface area contributed by atoms with Crippen LogP contribution in [-0.4, -0.2) is 23.0 Å². The van der Waals surface area contributed by atoms with Gasteiger partial charge in [0.05, 0.1) is 16.5 Å². The largest absolute Gasteiger partial charge is 0.452 e. The van der Waals surface area contributed by atoms with Gasteiger partial charge in [-0.15, -0.1) is 0 Å². The highest BCUT2D eigenvalue weighted by Crippen LogP contribution is 2.22. The fraction of sp³-hybridized carbons (Fsp3) is 0.235. The predicted molar refractivity (Wildman–Crippen MR) is 93.3 cm³/mol. The minimum atomic E-state index is -0.975. The lowest BCUT2D eigenvalue weighted by Gasteiger charge is -2.14. The molecule has 0 unspecified atom stereocenters. The van der Waals surface area contributed by atoms with E-state index >= 15 is 0 Å². The van der Waals surface area contributed by atoms with E-state index in [2.05, 4.69) is 10.3 Å². The molecule has 1 N–H and O–H groups in total. The van der Waals surface area contributed by atoms with Crippen LogP contribution >= 0.6 is 23.2 Å². The van der Waals surface area contributed by atoms with Crippen LogP contribution in [0.4, 0.5) is 5.82 Å². The number of pyridine rings is 1. The summed E-state index contributed by atoms with van der Waals surface area (Å²) in [6.07, 6.45) is 0.478. The number of amides is 1. The molecule has 0 aliphatic rings. The van der Waals surface area contributed by atoms with E-state index in [1.165, 1.54) is 19.2 Å². The maximum atomic E-state index is 12.1. The van der Waals surface area contributed by atoms with Crippen LogP contribution in [0.25, 0.3) is 0 Å². The summed E-state index contributed by atoms with van der Waals surface area (Å²) < 4.78 is 5.13. The van der Waals surface area contributed by atoms with Gasteiger partial charge in [-0.05, 0) is 25.5 Å². The van der Waals surface area contributed by atoms with Crippen molar-refractivity contribution in [3.05, 3.63) is 57.7 Å². The van der Waals surface area contributed by atoms with E-state index in [-0.39, 0.29) is 17.3 Å². The van der Waals surface area contributed by atoms with Crippen LogP contribution in [0.15, 0.2) is 36.5 Å². The molecule has 126 valence electrons. The number of aromatic nitrogens is 1. The van der Waals surface area contributed by atoms with Gasteiger partial charge in [0, 0.05) is 6.20 Å². The van der Waals surface area contributed by atoms with Gasteiger partial charge < -0.3 is 10.1 Å². The monoisotopic (exact) mass is 366 g/mol. The number of hydrogen-bond acceptors (Lipinski definition) is 4. The van der Waals surface area contributed by atoms with Gasteiger partial charge in [-0.2, -0.15) is 0 Å². The Balaban J connectivity index is 1.90. The van der Waals surface area contributed by atoms with Crippen molar-refractivity contribution in [2.24, 2.45) is 0 Å². The summed E-state index contributed by atoms with van der Waals surface area (Å²) in [6, 6.07) is 8.97. The molecule has 0 spiro atoms. The van der Waals surface area contributed by atoms with Crippen LogP contribution in [0.5, 0.6) is 0 Å². The van der Waals surface area contributed by atoms with Crippen LogP contribution in [0, 0.1) is 6.92 Å². The van der Waals surface area contributed by atoms with Crippen LogP contribution in [0.3, 0.4) is 0 Å². The van der Waals surface area contributed by atoms with E-state index in [0.717, 1.165) is 11.1 Å². The molecule has 1 aromatic heterocycles. The molecule has 0 saturated carbocycles. The molecule has 0 fully saturated rings. The van der Waals surface area contributed by atoms with Crippen LogP contribution < -0.4 is 5.32 Å². The van der Waals surface area contributed by atoms with E-state index in [4.69, 9.17) is 27.9 Å². The van der Waals surface area contributed by atoms with Crippen molar-refractivity contribution >= 4 is 40.9 Å². The summed E-state index contributed by atoms with van der Waals surface area (Å²) in [5, 5.41) is 3.06. The van der Waals surface area contributed by atoms with E-state index in [9.17, 15) is 9.59 Å². The molecule has 0 aliphatic heterocycles. The summed E-state index contributed by atoms with van der Waals surface area (Å²) in [6.45, 7) is 3.44. The Kier molecular flexibility index (Phi) is 6.17. The number of rotatable bonds is 5. The third kappa shape index (κ3) is 5.22. The second-order valence-corrected chi connectivity index (χ2v) is 6.11. The molecule has 0 saturated heterocycles. The first-order chi connectivity index (χ1) is 11.3. The molecule has 7 heteroatoms. The van der Waals surface area contributed by atoms with Gasteiger partial charge in [-0.3, -0.25) is 9.59 Å². The average Bonchev–Trinajstić information content (AvgIpc) is 2.52. The fourth-order valence-electron chi connectivity index (χ4n) is 1.89. The number of anilines is 1. The highest BCUT2D eigenvalue weighted by atomic mass is 35.5. The van der Waals surface area contributed by atoms with Gasteiger partial charge in [0.15, 0.2) is 11.9 Å². The van der Waals surface area contributed by atoms with Crippen molar-refractivity contribution in [1.82, 2.24) is 4.98 Å². The second kappa shape index (κ2) is 8.13. The first kappa shape index (κ1) is 18.2. The lowest BCUT2D eigenvalue weighted by atomic mass is 10.1. The van der Waals surface area contributed by atoms with Crippen molar-refractivity contribution in [3.8, 4) is 0 Å². The Bertz CT molecular complexity index is 748. The van der Waals surface area contributed by atoms with Crippen molar-refractivity contribution in [1.29, 1.82) is 0 Å². The number of carbonyl (C=O) groups is 2. The molecule has 0 radical (unpaired) electrons. The van der Waals surface area contributed by atoms with Gasteiger partial charge >= 0.3 is 5.97 Å². The minimum absolute atomic E-state index is 0.0951. The smallest absolute Gasteiger partial charge is 0.311 e. The summed E-state index contributed by atoms with van der Waals surface area (Å²) in [5.74, 6) is -0.854. The first-order valence-electron chi connectivity index (χ1n) is 7.22. The average molecular weight is 367 g/mol. The molecular weight excluding hydrogens is 351 g/mol. The fourth-order valence-corrected chi connectivity index (χ4v) is 2.32. The number of ether oxygens (including phenoxy) is 1. The van der Waals surface area contributed by atoms with Gasteiger partial charge in [-0.25, -0.2) is 4.98 Å². The zero-order chi connectivity index (χ0) is 17.7. The number of halogens is 2. The zero-order valence-corrected chi connectivity index (χ0v) is 14.7. The molecule has 0 bridgehead atoms. The highest BCUT2D eigenvalue weighted by Gasteiger charge is 2.19.